The summed E-state index contributed by atoms with van der Waals surface area (Å²) in [6.45, 7) is 1.90. The molecule has 0 saturated heterocycles. The fourth-order valence-electron chi connectivity index (χ4n) is 3.45. The van der Waals surface area contributed by atoms with E-state index in [2.05, 4.69) is 20.6 Å². The minimum atomic E-state index is -0.193. The van der Waals surface area contributed by atoms with Gasteiger partial charge in [0.1, 0.15) is 17.3 Å². The summed E-state index contributed by atoms with van der Waals surface area (Å²) in [7, 11) is 3.19. The van der Waals surface area contributed by atoms with Crippen LogP contribution in [0.15, 0.2) is 30.3 Å². The second kappa shape index (κ2) is 7.12. The SMILES string of the molecule is COc1cc(OC)cc(C2CC(=O)Nc3c2c(C)nn3-c2ccc(Cl)nn2)c1. The summed E-state index contributed by atoms with van der Waals surface area (Å²) in [5.74, 6) is 2.07. The van der Waals surface area contributed by atoms with E-state index in [-0.39, 0.29) is 17.0 Å². The van der Waals surface area contributed by atoms with Gasteiger partial charge in [-0.05, 0) is 36.8 Å². The van der Waals surface area contributed by atoms with Gasteiger partial charge in [0.05, 0.1) is 19.9 Å². The lowest BCUT2D eigenvalue weighted by Crippen LogP contribution is -2.25. The highest BCUT2D eigenvalue weighted by molar-refractivity contribution is 6.29. The fourth-order valence-corrected chi connectivity index (χ4v) is 3.55. The van der Waals surface area contributed by atoms with Gasteiger partial charge in [-0.3, -0.25) is 4.79 Å². The Morgan fingerprint density at radius 1 is 1.14 bits per heavy atom. The van der Waals surface area contributed by atoms with Crippen LogP contribution in [0.1, 0.15) is 29.2 Å². The standard InChI is InChI=1S/C19H18ClN5O3/c1-10-18-14(11-6-12(27-2)8-13(7-11)28-3)9-17(26)21-19(18)25(24-10)16-5-4-15(20)22-23-16/h4-8,14H,9H2,1-3H3,(H,21,26). The van der Waals surface area contributed by atoms with Gasteiger partial charge in [-0.2, -0.15) is 9.78 Å². The first kappa shape index (κ1) is 18.2. The summed E-state index contributed by atoms with van der Waals surface area (Å²) in [4.78, 5) is 12.5. The van der Waals surface area contributed by atoms with Crippen LogP contribution in [0.2, 0.25) is 5.15 Å². The summed E-state index contributed by atoms with van der Waals surface area (Å²) in [6.07, 6.45) is 0.294. The molecule has 0 radical (unpaired) electrons. The molecule has 1 aromatic carbocycles. The zero-order valence-corrected chi connectivity index (χ0v) is 16.3. The van der Waals surface area contributed by atoms with Gasteiger partial charge in [0, 0.05) is 24.0 Å². The number of carbonyl (C=O) groups excluding carboxylic acids is 1. The van der Waals surface area contributed by atoms with Crippen LogP contribution in [0.25, 0.3) is 5.82 Å². The van der Waals surface area contributed by atoms with Crippen LogP contribution in [-0.2, 0) is 4.79 Å². The minimum absolute atomic E-state index is 0.109. The van der Waals surface area contributed by atoms with Gasteiger partial charge < -0.3 is 14.8 Å². The van der Waals surface area contributed by atoms with E-state index in [1.807, 2.05) is 19.1 Å². The molecule has 4 rings (SSSR count). The summed E-state index contributed by atoms with van der Waals surface area (Å²) in [5.41, 5.74) is 2.63. The van der Waals surface area contributed by atoms with Crippen LogP contribution in [0.4, 0.5) is 5.82 Å². The highest BCUT2D eigenvalue weighted by Gasteiger charge is 2.33. The maximum Gasteiger partial charge on any atom is 0.226 e. The molecule has 8 nitrogen and oxygen atoms in total. The number of aromatic nitrogens is 4. The van der Waals surface area contributed by atoms with Gasteiger partial charge in [-0.25, -0.2) is 0 Å². The van der Waals surface area contributed by atoms with Crippen molar-refractivity contribution in [1.82, 2.24) is 20.0 Å². The molecule has 1 unspecified atom stereocenters. The Morgan fingerprint density at radius 3 is 2.46 bits per heavy atom. The maximum atomic E-state index is 12.5. The number of benzene rings is 1. The highest BCUT2D eigenvalue weighted by atomic mass is 35.5. The second-order valence-electron chi connectivity index (χ2n) is 6.42. The molecule has 0 aliphatic carbocycles. The smallest absolute Gasteiger partial charge is 0.226 e. The molecule has 1 amide bonds. The summed E-state index contributed by atoms with van der Waals surface area (Å²) in [5, 5.41) is 15.7. The normalized spacial score (nSPS) is 15.7. The molecule has 0 fully saturated rings. The van der Waals surface area contributed by atoms with Crippen molar-refractivity contribution in [3.8, 4) is 17.3 Å². The third kappa shape index (κ3) is 3.16. The van der Waals surface area contributed by atoms with Gasteiger partial charge in [0.25, 0.3) is 0 Å². The number of fused-ring (bicyclic) bond motifs is 1. The van der Waals surface area contributed by atoms with Crippen molar-refractivity contribution in [3.63, 3.8) is 0 Å². The fraction of sp³-hybridized carbons (Fsp3) is 0.263. The van der Waals surface area contributed by atoms with Crippen LogP contribution in [0.5, 0.6) is 11.5 Å². The molecule has 1 aliphatic heterocycles. The summed E-state index contributed by atoms with van der Waals surface area (Å²) >= 11 is 5.83. The first-order chi connectivity index (χ1) is 13.5. The van der Waals surface area contributed by atoms with Gasteiger partial charge in [0.15, 0.2) is 11.0 Å². The van der Waals surface area contributed by atoms with Crippen LogP contribution in [0.3, 0.4) is 0 Å². The Bertz CT molecular complexity index is 1030. The van der Waals surface area contributed by atoms with Gasteiger partial charge in [-0.1, -0.05) is 11.6 Å². The highest BCUT2D eigenvalue weighted by Crippen LogP contribution is 2.41. The van der Waals surface area contributed by atoms with Crippen LogP contribution >= 0.6 is 11.6 Å². The summed E-state index contributed by atoms with van der Waals surface area (Å²) < 4.78 is 12.4. The lowest BCUT2D eigenvalue weighted by Gasteiger charge is -2.25. The molecule has 3 aromatic rings. The number of hydrogen-bond acceptors (Lipinski definition) is 6. The quantitative estimate of drug-likeness (QED) is 0.724. The zero-order chi connectivity index (χ0) is 19.8. The van der Waals surface area contributed by atoms with Crippen molar-refractivity contribution in [1.29, 1.82) is 0 Å². The molecule has 0 spiro atoms. The van der Waals surface area contributed by atoms with Crippen LogP contribution in [-0.4, -0.2) is 40.1 Å². The molecule has 0 bridgehead atoms. The molecule has 144 valence electrons. The van der Waals surface area contributed by atoms with E-state index in [1.54, 1.807) is 37.1 Å². The van der Waals surface area contributed by atoms with Crippen molar-refractivity contribution < 1.29 is 14.3 Å². The third-order valence-electron chi connectivity index (χ3n) is 4.71. The number of halogens is 1. The topological polar surface area (TPSA) is 91.2 Å². The molecule has 9 heteroatoms. The number of carbonyl (C=O) groups is 1. The number of amides is 1. The average molecular weight is 400 g/mol. The Morgan fingerprint density at radius 2 is 1.86 bits per heavy atom. The van der Waals surface area contributed by atoms with Crippen molar-refractivity contribution in [2.24, 2.45) is 0 Å². The average Bonchev–Trinajstić information content (AvgIpc) is 3.03. The van der Waals surface area contributed by atoms with E-state index in [4.69, 9.17) is 21.1 Å². The van der Waals surface area contributed by atoms with E-state index in [0.29, 0.717) is 29.6 Å². The number of hydrogen-bond donors (Lipinski definition) is 1. The van der Waals surface area contributed by atoms with Crippen LogP contribution in [0, 0.1) is 6.92 Å². The minimum Gasteiger partial charge on any atom is -0.497 e. The lowest BCUT2D eigenvalue weighted by atomic mass is 9.85. The second-order valence-corrected chi connectivity index (χ2v) is 6.81. The number of nitrogens with one attached hydrogen (secondary N) is 1. The number of anilines is 1. The van der Waals surface area contributed by atoms with Crippen LogP contribution < -0.4 is 14.8 Å². The van der Waals surface area contributed by atoms with E-state index in [0.717, 1.165) is 16.8 Å². The van der Waals surface area contributed by atoms with E-state index < -0.39 is 0 Å². The third-order valence-corrected chi connectivity index (χ3v) is 4.92. The molecule has 1 N–H and O–H groups in total. The number of aryl methyl sites for hydroxylation is 1. The van der Waals surface area contributed by atoms with E-state index in [1.165, 1.54) is 0 Å². The Hall–Kier alpha value is -3.13. The first-order valence-corrected chi connectivity index (χ1v) is 9.00. The molecule has 1 atom stereocenters. The number of nitrogens with zero attached hydrogens (tertiary/aromatic N) is 4. The molecular weight excluding hydrogens is 382 g/mol. The predicted molar refractivity (Wildman–Crippen MR) is 104 cm³/mol. The molecule has 3 heterocycles. The molecule has 0 saturated carbocycles. The van der Waals surface area contributed by atoms with Crippen molar-refractivity contribution in [3.05, 3.63) is 52.3 Å². The first-order valence-electron chi connectivity index (χ1n) is 8.62. The lowest BCUT2D eigenvalue weighted by molar-refractivity contribution is -0.116. The van der Waals surface area contributed by atoms with Gasteiger partial charge >= 0.3 is 0 Å². The Balaban J connectivity index is 1.86. The number of ether oxygens (including phenoxy) is 2. The number of methoxy groups -OCH3 is 2. The zero-order valence-electron chi connectivity index (χ0n) is 15.6. The summed E-state index contributed by atoms with van der Waals surface area (Å²) in [6, 6.07) is 8.95. The largest absolute Gasteiger partial charge is 0.497 e. The molecule has 2 aromatic heterocycles. The van der Waals surface area contributed by atoms with Gasteiger partial charge in [0.2, 0.25) is 5.91 Å². The van der Waals surface area contributed by atoms with E-state index >= 15 is 0 Å². The predicted octanol–water partition coefficient (Wildman–Crippen LogP) is 3.12. The van der Waals surface area contributed by atoms with Crippen molar-refractivity contribution >= 4 is 23.3 Å². The van der Waals surface area contributed by atoms with Crippen molar-refractivity contribution in [2.45, 2.75) is 19.3 Å². The number of rotatable bonds is 4. The van der Waals surface area contributed by atoms with E-state index in [9.17, 15) is 4.79 Å². The van der Waals surface area contributed by atoms with Gasteiger partial charge in [-0.15, -0.1) is 10.2 Å². The monoisotopic (exact) mass is 399 g/mol. The Kier molecular flexibility index (Phi) is 4.64. The van der Waals surface area contributed by atoms with Crippen molar-refractivity contribution in [2.75, 3.05) is 19.5 Å². The molecule has 1 aliphatic rings. The Labute approximate surface area is 166 Å². The molecular formula is C19H18ClN5O3. The maximum absolute atomic E-state index is 12.5. The molecule has 28 heavy (non-hydrogen) atoms.